The van der Waals surface area contributed by atoms with Gasteiger partial charge in [-0.25, -0.2) is 0 Å². The molecule has 0 spiro atoms. The van der Waals surface area contributed by atoms with Gasteiger partial charge in [-0.15, -0.1) is 0 Å². The lowest BCUT2D eigenvalue weighted by Gasteiger charge is -2.07. The lowest BCUT2D eigenvalue weighted by atomic mass is 10.2. The smallest absolute Gasteiger partial charge is 0.306 e. The van der Waals surface area contributed by atoms with Crippen LogP contribution in [0, 0.1) is 21.4 Å². The molecule has 2 aromatic rings. The van der Waals surface area contributed by atoms with Gasteiger partial charge in [-0.1, -0.05) is 12.1 Å². The van der Waals surface area contributed by atoms with E-state index in [-0.39, 0.29) is 12.3 Å². The highest BCUT2D eigenvalue weighted by Gasteiger charge is 2.08. The van der Waals surface area contributed by atoms with Crippen LogP contribution in [0.1, 0.15) is 5.56 Å². The highest BCUT2D eigenvalue weighted by atomic mass is 16.6. The second kappa shape index (κ2) is 5.64. The van der Waals surface area contributed by atoms with Crippen LogP contribution in [-0.2, 0) is 6.54 Å². The number of ether oxygens (including phenoxy) is 1. The van der Waals surface area contributed by atoms with Crippen LogP contribution in [0.5, 0.6) is 5.75 Å². The van der Waals surface area contributed by atoms with Crippen LogP contribution < -0.4 is 4.74 Å². The summed E-state index contributed by atoms with van der Waals surface area (Å²) in [6.07, 6.45) is 2.52. The molecule has 2 rings (SSSR count). The van der Waals surface area contributed by atoms with E-state index in [9.17, 15) is 10.1 Å². The molecule has 96 valence electrons. The molecule has 0 atom stereocenters. The fourth-order valence-corrected chi connectivity index (χ4v) is 1.50. The summed E-state index contributed by atoms with van der Waals surface area (Å²) in [5.41, 5.74) is 0.395. The van der Waals surface area contributed by atoms with Crippen LogP contribution in [0.4, 0.5) is 5.69 Å². The largest absolute Gasteiger partial charge is 0.490 e. The first-order chi connectivity index (χ1) is 9.20. The molecule has 0 fully saturated rings. The molecule has 19 heavy (non-hydrogen) atoms. The van der Waals surface area contributed by atoms with Gasteiger partial charge in [0.2, 0.25) is 0 Å². The SMILES string of the molecule is N#Cc1ccccc1OCCn1cc([N+](=O)[O-])cn1. The summed E-state index contributed by atoms with van der Waals surface area (Å²) in [5, 5.41) is 23.2. The first-order valence-corrected chi connectivity index (χ1v) is 5.49. The van der Waals surface area contributed by atoms with Crippen molar-refractivity contribution in [2.45, 2.75) is 6.54 Å². The van der Waals surface area contributed by atoms with Gasteiger partial charge in [0.1, 0.15) is 30.8 Å². The minimum Gasteiger partial charge on any atom is -0.490 e. The summed E-state index contributed by atoms with van der Waals surface area (Å²) in [4.78, 5) is 9.97. The van der Waals surface area contributed by atoms with Crippen LogP contribution in [-0.4, -0.2) is 21.3 Å². The number of aromatic nitrogens is 2. The third kappa shape index (κ3) is 3.07. The summed E-state index contributed by atoms with van der Waals surface area (Å²) >= 11 is 0. The van der Waals surface area contributed by atoms with Crippen LogP contribution in [0.2, 0.25) is 0 Å². The molecule has 1 aromatic carbocycles. The number of hydrogen-bond donors (Lipinski definition) is 0. The van der Waals surface area contributed by atoms with Gasteiger partial charge in [0.15, 0.2) is 0 Å². The normalized spacial score (nSPS) is 9.84. The number of nitriles is 1. The van der Waals surface area contributed by atoms with Gasteiger partial charge in [-0.2, -0.15) is 10.4 Å². The highest BCUT2D eigenvalue weighted by molar-refractivity contribution is 5.42. The monoisotopic (exact) mass is 258 g/mol. The Morgan fingerprint density at radius 3 is 2.95 bits per heavy atom. The van der Waals surface area contributed by atoms with Crippen molar-refractivity contribution in [3.8, 4) is 11.8 Å². The number of para-hydroxylation sites is 1. The van der Waals surface area contributed by atoms with Crippen molar-refractivity contribution in [3.63, 3.8) is 0 Å². The predicted molar refractivity (Wildman–Crippen MR) is 65.5 cm³/mol. The number of nitrogens with zero attached hydrogens (tertiary/aromatic N) is 4. The summed E-state index contributed by atoms with van der Waals surface area (Å²) in [7, 11) is 0. The van der Waals surface area contributed by atoms with Crippen LogP contribution in [0.3, 0.4) is 0 Å². The van der Waals surface area contributed by atoms with E-state index < -0.39 is 4.92 Å². The third-order valence-corrected chi connectivity index (χ3v) is 2.42. The molecule has 0 saturated carbocycles. The predicted octanol–water partition coefficient (Wildman–Crippen LogP) is 1.74. The molecule has 7 nitrogen and oxygen atoms in total. The lowest BCUT2D eigenvalue weighted by molar-refractivity contribution is -0.385. The number of hydrogen-bond acceptors (Lipinski definition) is 5. The third-order valence-electron chi connectivity index (χ3n) is 2.42. The van der Waals surface area contributed by atoms with E-state index in [1.54, 1.807) is 24.3 Å². The second-order valence-corrected chi connectivity index (χ2v) is 3.68. The Morgan fingerprint density at radius 2 is 2.26 bits per heavy atom. The van der Waals surface area contributed by atoms with Crippen LogP contribution >= 0.6 is 0 Å². The molecule has 0 aliphatic rings. The summed E-state index contributed by atoms with van der Waals surface area (Å²) < 4.78 is 6.87. The molecule has 1 aromatic heterocycles. The average Bonchev–Trinajstić information content (AvgIpc) is 2.88. The Bertz CT molecular complexity index is 630. The van der Waals surface area contributed by atoms with E-state index in [4.69, 9.17) is 10.00 Å². The average molecular weight is 258 g/mol. The summed E-state index contributed by atoms with van der Waals surface area (Å²) in [6.45, 7) is 0.644. The molecule has 0 radical (unpaired) electrons. The second-order valence-electron chi connectivity index (χ2n) is 3.68. The number of rotatable bonds is 5. The zero-order valence-corrected chi connectivity index (χ0v) is 9.89. The minimum atomic E-state index is -0.505. The molecule has 0 unspecified atom stereocenters. The fraction of sp³-hybridized carbons (Fsp3) is 0.167. The van der Waals surface area contributed by atoms with E-state index in [1.807, 2.05) is 6.07 Å². The molecule has 0 bridgehead atoms. The van der Waals surface area contributed by atoms with Crippen molar-refractivity contribution in [1.82, 2.24) is 9.78 Å². The Labute approximate surface area is 108 Å². The number of nitro groups is 1. The molecule has 0 saturated heterocycles. The molecular weight excluding hydrogens is 248 g/mol. The van der Waals surface area contributed by atoms with Gasteiger partial charge < -0.3 is 4.74 Å². The van der Waals surface area contributed by atoms with Gasteiger partial charge in [0, 0.05) is 0 Å². The molecule has 0 amide bonds. The Morgan fingerprint density at radius 1 is 1.47 bits per heavy atom. The lowest BCUT2D eigenvalue weighted by Crippen LogP contribution is -2.09. The van der Waals surface area contributed by atoms with Gasteiger partial charge in [0.25, 0.3) is 0 Å². The standard InChI is InChI=1S/C12H10N4O3/c13-7-10-3-1-2-4-12(10)19-6-5-15-9-11(8-14-15)16(17)18/h1-4,8-9H,5-6H2. The van der Waals surface area contributed by atoms with E-state index >= 15 is 0 Å². The van der Waals surface area contributed by atoms with Crippen LogP contribution in [0.15, 0.2) is 36.7 Å². The maximum absolute atomic E-state index is 10.5. The molecule has 1 heterocycles. The van der Waals surface area contributed by atoms with Crippen molar-refractivity contribution in [1.29, 1.82) is 5.26 Å². The first-order valence-electron chi connectivity index (χ1n) is 5.49. The van der Waals surface area contributed by atoms with E-state index in [2.05, 4.69) is 5.10 Å². The zero-order valence-electron chi connectivity index (χ0n) is 9.89. The van der Waals surface area contributed by atoms with Crippen molar-refractivity contribution < 1.29 is 9.66 Å². The van der Waals surface area contributed by atoms with Crippen molar-refractivity contribution in [2.24, 2.45) is 0 Å². The van der Waals surface area contributed by atoms with Crippen molar-refractivity contribution in [3.05, 3.63) is 52.3 Å². The maximum Gasteiger partial charge on any atom is 0.306 e. The van der Waals surface area contributed by atoms with Gasteiger partial charge in [-0.3, -0.25) is 14.8 Å². The molecule has 0 aliphatic heterocycles. The Balaban J connectivity index is 1.93. The van der Waals surface area contributed by atoms with Gasteiger partial charge >= 0.3 is 5.69 Å². The van der Waals surface area contributed by atoms with E-state index in [0.29, 0.717) is 17.9 Å². The van der Waals surface area contributed by atoms with Crippen molar-refractivity contribution >= 4 is 5.69 Å². The Kier molecular flexibility index (Phi) is 3.73. The summed E-state index contributed by atoms with van der Waals surface area (Å²) in [6, 6.07) is 8.91. The fourth-order valence-electron chi connectivity index (χ4n) is 1.50. The quantitative estimate of drug-likeness (QED) is 0.601. The molecular formula is C12H10N4O3. The van der Waals surface area contributed by atoms with Crippen LogP contribution in [0.25, 0.3) is 0 Å². The van der Waals surface area contributed by atoms with E-state index in [1.165, 1.54) is 17.1 Å². The summed E-state index contributed by atoms with van der Waals surface area (Å²) in [5.74, 6) is 0.492. The Hall–Kier alpha value is -2.88. The maximum atomic E-state index is 10.5. The zero-order chi connectivity index (χ0) is 13.7. The molecule has 0 aliphatic carbocycles. The van der Waals surface area contributed by atoms with Gasteiger partial charge in [0.05, 0.1) is 17.0 Å². The van der Waals surface area contributed by atoms with Crippen molar-refractivity contribution in [2.75, 3.05) is 6.61 Å². The minimum absolute atomic E-state index is 0.0579. The topological polar surface area (TPSA) is 94.0 Å². The van der Waals surface area contributed by atoms with Gasteiger partial charge in [-0.05, 0) is 12.1 Å². The molecule has 0 N–H and O–H groups in total. The highest BCUT2D eigenvalue weighted by Crippen LogP contribution is 2.16. The molecule has 7 heteroatoms. The number of benzene rings is 1. The first kappa shape index (κ1) is 12.6. The van der Waals surface area contributed by atoms with E-state index in [0.717, 1.165) is 0 Å².